The van der Waals surface area contributed by atoms with Gasteiger partial charge >= 0.3 is 0 Å². The predicted octanol–water partition coefficient (Wildman–Crippen LogP) is 3.87. The molecule has 2 nitrogen and oxygen atoms in total. The molecule has 0 bridgehead atoms. The summed E-state index contributed by atoms with van der Waals surface area (Å²) in [4.78, 5) is 12.0. The molecule has 0 aliphatic heterocycles. The number of hydrogen-bond donors (Lipinski definition) is 1. The van der Waals surface area contributed by atoms with Crippen LogP contribution < -0.4 is 5.32 Å². The standard InChI is InChI=1S/C18H18FNO/c1-12(18(21)20-15-8-9-15)14-7-10-16(17(19)11-14)13-5-3-2-4-6-13/h2-7,10-12,15H,8-9H2,1H3,(H,20,21)/t12-/m1/s1. The SMILES string of the molecule is C[C@@H](C(=O)NC1CC1)c1ccc(-c2ccccc2)c(F)c1. The largest absolute Gasteiger partial charge is 0.353 e. The van der Waals surface area contributed by atoms with Crippen molar-refractivity contribution in [3.8, 4) is 11.1 Å². The van der Waals surface area contributed by atoms with Crippen LogP contribution in [0.25, 0.3) is 11.1 Å². The molecular weight excluding hydrogens is 265 g/mol. The van der Waals surface area contributed by atoms with E-state index in [2.05, 4.69) is 5.32 Å². The molecular formula is C18H18FNO. The van der Waals surface area contributed by atoms with Crippen molar-refractivity contribution in [1.82, 2.24) is 5.32 Å². The van der Waals surface area contributed by atoms with E-state index in [0.717, 1.165) is 18.4 Å². The molecule has 1 amide bonds. The summed E-state index contributed by atoms with van der Waals surface area (Å²) < 4.78 is 14.3. The van der Waals surface area contributed by atoms with Crippen molar-refractivity contribution in [2.75, 3.05) is 0 Å². The number of nitrogens with one attached hydrogen (secondary N) is 1. The van der Waals surface area contributed by atoms with Crippen molar-refractivity contribution >= 4 is 5.91 Å². The fourth-order valence-corrected chi connectivity index (χ4v) is 2.36. The first-order valence-electron chi connectivity index (χ1n) is 7.30. The number of rotatable bonds is 4. The van der Waals surface area contributed by atoms with Crippen molar-refractivity contribution in [2.24, 2.45) is 0 Å². The van der Waals surface area contributed by atoms with Gasteiger partial charge in [-0.25, -0.2) is 4.39 Å². The van der Waals surface area contributed by atoms with Gasteiger partial charge in [-0.2, -0.15) is 0 Å². The zero-order valence-corrected chi connectivity index (χ0v) is 12.0. The molecule has 0 heterocycles. The normalized spacial score (nSPS) is 15.5. The lowest BCUT2D eigenvalue weighted by atomic mass is 9.96. The second-order valence-electron chi connectivity index (χ2n) is 5.61. The van der Waals surface area contributed by atoms with E-state index in [1.807, 2.05) is 43.3 Å². The Morgan fingerprint density at radius 3 is 2.52 bits per heavy atom. The average molecular weight is 283 g/mol. The fraction of sp³-hybridized carbons (Fsp3) is 0.278. The second-order valence-corrected chi connectivity index (χ2v) is 5.61. The van der Waals surface area contributed by atoms with E-state index >= 15 is 0 Å². The van der Waals surface area contributed by atoms with E-state index < -0.39 is 0 Å². The summed E-state index contributed by atoms with van der Waals surface area (Å²) in [5.74, 6) is -0.640. The molecule has 1 atom stereocenters. The van der Waals surface area contributed by atoms with E-state index in [9.17, 15) is 9.18 Å². The Balaban J connectivity index is 1.81. The molecule has 0 spiro atoms. The first-order valence-corrected chi connectivity index (χ1v) is 7.30. The summed E-state index contributed by atoms with van der Waals surface area (Å²) in [6.07, 6.45) is 2.11. The van der Waals surface area contributed by atoms with Gasteiger partial charge in [0.05, 0.1) is 5.92 Å². The van der Waals surface area contributed by atoms with E-state index in [1.54, 1.807) is 6.07 Å². The van der Waals surface area contributed by atoms with Crippen LogP contribution >= 0.6 is 0 Å². The Kier molecular flexibility index (Phi) is 3.74. The molecule has 0 aromatic heterocycles. The molecule has 3 heteroatoms. The second kappa shape index (κ2) is 5.68. The van der Waals surface area contributed by atoms with Gasteiger partial charge in [-0.1, -0.05) is 42.5 Å². The number of halogens is 1. The van der Waals surface area contributed by atoms with Gasteiger partial charge in [0.15, 0.2) is 0 Å². The van der Waals surface area contributed by atoms with Gasteiger partial charge in [0.1, 0.15) is 5.82 Å². The van der Waals surface area contributed by atoms with E-state index in [1.165, 1.54) is 6.07 Å². The molecule has 1 fully saturated rings. The van der Waals surface area contributed by atoms with Crippen LogP contribution in [0, 0.1) is 5.82 Å². The van der Waals surface area contributed by atoms with Gasteiger partial charge in [0.2, 0.25) is 5.91 Å². The Morgan fingerprint density at radius 2 is 1.90 bits per heavy atom. The average Bonchev–Trinajstić information content (AvgIpc) is 3.31. The monoisotopic (exact) mass is 283 g/mol. The molecule has 0 radical (unpaired) electrons. The van der Waals surface area contributed by atoms with Crippen LogP contribution in [0.15, 0.2) is 48.5 Å². The zero-order valence-electron chi connectivity index (χ0n) is 12.0. The number of amides is 1. The van der Waals surface area contributed by atoms with Gasteiger partial charge in [0.25, 0.3) is 0 Å². The fourth-order valence-electron chi connectivity index (χ4n) is 2.36. The molecule has 21 heavy (non-hydrogen) atoms. The van der Waals surface area contributed by atoms with E-state index in [4.69, 9.17) is 0 Å². The Morgan fingerprint density at radius 1 is 1.19 bits per heavy atom. The van der Waals surface area contributed by atoms with Crippen molar-refractivity contribution in [3.63, 3.8) is 0 Å². The molecule has 3 rings (SSSR count). The molecule has 108 valence electrons. The molecule has 2 aromatic carbocycles. The van der Waals surface area contributed by atoms with Crippen molar-refractivity contribution in [2.45, 2.75) is 31.7 Å². The maximum atomic E-state index is 14.3. The van der Waals surface area contributed by atoms with Crippen LogP contribution in [0.5, 0.6) is 0 Å². The van der Waals surface area contributed by atoms with Crippen LogP contribution in [-0.4, -0.2) is 11.9 Å². The smallest absolute Gasteiger partial charge is 0.227 e. The van der Waals surface area contributed by atoms with E-state index in [-0.39, 0.29) is 17.6 Å². The molecule has 1 N–H and O–H groups in total. The maximum absolute atomic E-state index is 14.3. The predicted molar refractivity (Wildman–Crippen MR) is 81.4 cm³/mol. The summed E-state index contributed by atoms with van der Waals surface area (Å²) in [6.45, 7) is 1.81. The summed E-state index contributed by atoms with van der Waals surface area (Å²) in [5, 5.41) is 2.96. The Hall–Kier alpha value is -2.16. The molecule has 2 aromatic rings. The summed E-state index contributed by atoms with van der Waals surface area (Å²) in [7, 11) is 0. The van der Waals surface area contributed by atoms with Gasteiger partial charge in [-0.15, -0.1) is 0 Å². The third-order valence-corrected chi connectivity index (χ3v) is 3.89. The zero-order chi connectivity index (χ0) is 14.8. The topological polar surface area (TPSA) is 29.1 Å². The number of benzene rings is 2. The van der Waals surface area contributed by atoms with Crippen LogP contribution in [0.2, 0.25) is 0 Å². The summed E-state index contributed by atoms with van der Waals surface area (Å²) in [5.41, 5.74) is 2.12. The van der Waals surface area contributed by atoms with Gasteiger partial charge < -0.3 is 5.32 Å². The van der Waals surface area contributed by atoms with E-state index in [0.29, 0.717) is 17.2 Å². The van der Waals surface area contributed by atoms with Gasteiger partial charge in [-0.3, -0.25) is 4.79 Å². The Labute approximate surface area is 124 Å². The number of carbonyl (C=O) groups excluding carboxylic acids is 1. The lowest BCUT2D eigenvalue weighted by Crippen LogP contribution is -2.29. The van der Waals surface area contributed by atoms with Crippen LogP contribution in [0.4, 0.5) is 4.39 Å². The first-order chi connectivity index (χ1) is 10.1. The molecule has 1 aliphatic carbocycles. The third-order valence-electron chi connectivity index (χ3n) is 3.89. The van der Waals surface area contributed by atoms with Gasteiger partial charge in [-0.05, 0) is 37.0 Å². The summed E-state index contributed by atoms with van der Waals surface area (Å²) >= 11 is 0. The lowest BCUT2D eigenvalue weighted by molar-refractivity contribution is -0.122. The molecule has 0 unspecified atom stereocenters. The van der Waals surface area contributed by atoms with Crippen molar-refractivity contribution in [3.05, 3.63) is 59.9 Å². The Bertz CT molecular complexity index is 650. The highest BCUT2D eigenvalue weighted by Gasteiger charge is 2.26. The highest BCUT2D eigenvalue weighted by atomic mass is 19.1. The highest BCUT2D eigenvalue weighted by Crippen LogP contribution is 2.27. The highest BCUT2D eigenvalue weighted by molar-refractivity contribution is 5.84. The molecule has 1 saturated carbocycles. The minimum Gasteiger partial charge on any atom is -0.353 e. The van der Waals surface area contributed by atoms with Crippen LogP contribution in [0.3, 0.4) is 0 Å². The van der Waals surface area contributed by atoms with Gasteiger partial charge in [0, 0.05) is 11.6 Å². The minimum absolute atomic E-state index is 0.0237. The number of carbonyl (C=O) groups is 1. The first kappa shape index (κ1) is 13.8. The minimum atomic E-state index is -0.329. The third kappa shape index (κ3) is 3.13. The molecule has 0 saturated heterocycles. The van der Waals surface area contributed by atoms with Crippen LogP contribution in [0.1, 0.15) is 31.2 Å². The lowest BCUT2D eigenvalue weighted by Gasteiger charge is -2.13. The maximum Gasteiger partial charge on any atom is 0.227 e. The van der Waals surface area contributed by atoms with Crippen LogP contribution in [-0.2, 0) is 4.79 Å². The quantitative estimate of drug-likeness (QED) is 0.906. The van der Waals surface area contributed by atoms with Crippen molar-refractivity contribution in [1.29, 1.82) is 0 Å². The number of hydrogen-bond acceptors (Lipinski definition) is 1. The summed E-state index contributed by atoms with van der Waals surface area (Å²) in [6, 6.07) is 14.8. The molecule has 1 aliphatic rings. The van der Waals surface area contributed by atoms with Crippen molar-refractivity contribution < 1.29 is 9.18 Å².